The predicted octanol–water partition coefficient (Wildman–Crippen LogP) is 0.711. The molecule has 0 aliphatic rings. The summed E-state index contributed by atoms with van der Waals surface area (Å²) in [5.41, 5.74) is -0.749. The van der Waals surface area contributed by atoms with E-state index in [9.17, 15) is 9.18 Å². The molecule has 6 nitrogen and oxygen atoms in total. The first-order valence-electron chi connectivity index (χ1n) is 6.00. The van der Waals surface area contributed by atoms with E-state index < -0.39 is 11.4 Å². The number of hydrogen-bond donors (Lipinski definition) is 1. The summed E-state index contributed by atoms with van der Waals surface area (Å²) in [7, 11) is 3.75. The van der Waals surface area contributed by atoms with Gasteiger partial charge in [-0.1, -0.05) is 0 Å². The van der Waals surface area contributed by atoms with E-state index in [4.69, 9.17) is 0 Å². The molecule has 0 unspecified atom stereocenters. The van der Waals surface area contributed by atoms with Crippen molar-refractivity contribution in [3.63, 3.8) is 0 Å². The smallest absolute Gasteiger partial charge is 0.288 e. The van der Waals surface area contributed by atoms with E-state index in [1.54, 1.807) is 18.1 Å². The monoisotopic (exact) mass is 265 g/mol. The summed E-state index contributed by atoms with van der Waals surface area (Å²) in [6, 6.07) is 0. The molecule has 2 rings (SSSR count). The largest absolute Gasteiger partial charge is 0.345 e. The number of aromatic amines is 1. The Morgan fingerprint density at radius 2 is 2.26 bits per heavy atom. The normalized spacial score (nSPS) is 10.7. The van der Waals surface area contributed by atoms with Gasteiger partial charge < -0.3 is 9.47 Å². The first-order chi connectivity index (χ1) is 9.08. The van der Waals surface area contributed by atoms with Crippen LogP contribution in [0.4, 0.5) is 10.3 Å². The highest BCUT2D eigenvalue weighted by atomic mass is 19.1. The summed E-state index contributed by atoms with van der Waals surface area (Å²) >= 11 is 0. The molecule has 0 amide bonds. The maximum absolute atomic E-state index is 12.8. The number of H-pyrrole nitrogens is 1. The predicted molar refractivity (Wildman–Crippen MR) is 69.6 cm³/mol. The summed E-state index contributed by atoms with van der Waals surface area (Å²) in [6.07, 6.45) is 6.29. The second kappa shape index (κ2) is 5.64. The first kappa shape index (κ1) is 13.3. The van der Waals surface area contributed by atoms with Crippen LogP contribution < -0.4 is 10.5 Å². The number of aromatic nitrogens is 4. The number of nitrogens with zero attached hydrogens (tertiary/aromatic N) is 4. The van der Waals surface area contributed by atoms with Gasteiger partial charge in [-0.05, 0) is 6.42 Å². The molecule has 0 aromatic carbocycles. The van der Waals surface area contributed by atoms with Crippen LogP contribution in [-0.4, -0.2) is 33.1 Å². The van der Waals surface area contributed by atoms with Crippen LogP contribution in [0.1, 0.15) is 12.2 Å². The van der Waals surface area contributed by atoms with Gasteiger partial charge in [-0.15, -0.1) is 0 Å². The summed E-state index contributed by atoms with van der Waals surface area (Å²) in [4.78, 5) is 23.4. The third kappa shape index (κ3) is 3.18. The van der Waals surface area contributed by atoms with Crippen molar-refractivity contribution in [3.05, 3.63) is 40.6 Å². The highest BCUT2D eigenvalue weighted by Gasteiger charge is 2.07. The van der Waals surface area contributed by atoms with Gasteiger partial charge in [0.15, 0.2) is 0 Å². The molecular weight excluding hydrogens is 249 g/mol. The maximum atomic E-state index is 12.8. The van der Waals surface area contributed by atoms with Crippen molar-refractivity contribution in [2.24, 2.45) is 7.05 Å². The van der Waals surface area contributed by atoms with E-state index in [-0.39, 0.29) is 0 Å². The Bertz CT molecular complexity index is 606. The second-order valence-corrected chi connectivity index (χ2v) is 4.36. The summed E-state index contributed by atoms with van der Waals surface area (Å²) in [6.45, 7) is 0.696. The molecule has 2 aromatic rings. The molecule has 1 N–H and O–H groups in total. The molecule has 0 aliphatic heterocycles. The number of imidazole rings is 1. The zero-order valence-electron chi connectivity index (χ0n) is 10.9. The molecule has 0 radical (unpaired) electrons. The molecule has 0 fully saturated rings. The third-order valence-corrected chi connectivity index (χ3v) is 2.92. The SMILES string of the molecule is CN(CCCc1nccn1C)c1ncc(F)c(=O)[nH]1. The van der Waals surface area contributed by atoms with Gasteiger partial charge in [0.2, 0.25) is 11.8 Å². The van der Waals surface area contributed by atoms with E-state index in [2.05, 4.69) is 15.0 Å². The fourth-order valence-electron chi connectivity index (χ4n) is 1.78. The van der Waals surface area contributed by atoms with Crippen LogP contribution in [0.15, 0.2) is 23.4 Å². The lowest BCUT2D eigenvalue weighted by atomic mass is 10.3. The third-order valence-electron chi connectivity index (χ3n) is 2.92. The Morgan fingerprint density at radius 3 is 2.89 bits per heavy atom. The van der Waals surface area contributed by atoms with E-state index in [0.717, 1.165) is 24.9 Å². The molecule has 0 bridgehead atoms. The lowest BCUT2D eigenvalue weighted by molar-refractivity contribution is 0.598. The first-order valence-corrected chi connectivity index (χ1v) is 6.00. The Balaban J connectivity index is 1.90. The minimum atomic E-state index is -0.870. The zero-order chi connectivity index (χ0) is 13.8. The van der Waals surface area contributed by atoms with Crippen molar-refractivity contribution in [1.82, 2.24) is 19.5 Å². The van der Waals surface area contributed by atoms with E-state index in [0.29, 0.717) is 12.5 Å². The van der Waals surface area contributed by atoms with Gasteiger partial charge in [-0.3, -0.25) is 9.78 Å². The molecule has 0 spiro atoms. The molecule has 0 aliphatic carbocycles. The lowest BCUT2D eigenvalue weighted by Crippen LogP contribution is -2.25. The van der Waals surface area contributed by atoms with Gasteiger partial charge in [0.05, 0.1) is 6.20 Å². The highest BCUT2D eigenvalue weighted by Crippen LogP contribution is 2.05. The van der Waals surface area contributed by atoms with E-state index >= 15 is 0 Å². The summed E-state index contributed by atoms with van der Waals surface area (Å²) in [5.74, 6) is 0.505. The summed E-state index contributed by atoms with van der Waals surface area (Å²) < 4.78 is 14.8. The molecular formula is C12H16FN5O. The second-order valence-electron chi connectivity index (χ2n) is 4.36. The summed E-state index contributed by atoms with van der Waals surface area (Å²) in [5, 5.41) is 0. The molecule has 2 aromatic heterocycles. The number of aryl methyl sites for hydroxylation is 2. The molecule has 2 heterocycles. The molecule has 7 heteroatoms. The highest BCUT2D eigenvalue weighted by molar-refractivity contribution is 5.26. The maximum Gasteiger partial charge on any atom is 0.288 e. The van der Waals surface area contributed by atoms with Crippen LogP contribution in [0.5, 0.6) is 0 Å². The Kier molecular flexibility index (Phi) is 3.94. The van der Waals surface area contributed by atoms with Gasteiger partial charge in [0.25, 0.3) is 5.56 Å². The van der Waals surface area contributed by atoms with Crippen LogP contribution >= 0.6 is 0 Å². The minimum absolute atomic E-state index is 0.367. The van der Waals surface area contributed by atoms with Gasteiger partial charge in [-0.2, -0.15) is 4.39 Å². The number of nitrogens with one attached hydrogen (secondary N) is 1. The van der Waals surface area contributed by atoms with E-state index in [1.165, 1.54) is 0 Å². The van der Waals surface area contributed by atoms with Crippen molar-refractivity contribution in [1.29, 1.82) is 0 Å². The van der Waals surface area contributed by atoms with Crippen LogP contribution in [0.25, 0.3) is 0 Å². The topological polar surface area (TPSA) is 66.8 Å². The van der Waals surface area contributed by atoms with Crippen molar-refractivity contribution in [3.8, 4) is 0 Å². The van der Waals surface area contributed by atoms with Crippen LogP contribution in [0, 0.1) is 5.82 Å². The average Bonchev–Trinajstić information content (AvgIpc) is 2.78. The molecule has 102 valence electrons. The van der Waals surface area contributed by atoms with Crippen LogP contribution in [-0.2, 0) is 13.5 Å². The van der Waals surface area contributed by atoms with Crippen molar-refractivity contribution in [2.75, 3.05) is 18.5 Å². The Labute approximate surface area is 109 Å². The fourth-order valence-corrected chi connectivity index (χ4v) is 1.78. The number of anilines is 1. The van der Waals surface area contributed by atoms with Crippen molar-refractivity contribution >= 4 is 5.95 Å². The van der Waals surface area contributed by atoms with Crippen molar-refractivity contribution in [2.45, 2.75) is 12.8 Å². The fraction of sp³-hybridized carbons (Fsp3) is 0.417. The average molecular weight is 265 g/mol. The van der Waals surface area contributed by atoms with E-state index in [1.807, 2.05) is 17.8 Å². The van der Waals surface area contributed by atoms with Gasteiger partial charge in [-0.25, -0.2) is 9.97 Å². The van der Waals surface area contributed by atoms with Crippen LogP contribution in [0.3, 0.4) is 0 Å². The van der Waals surface area contributed by atoms with Crippen LogP contribution in [0.2, 0.25) is 0 Å². The zero-order valence-corrected chi connectivity index (χ0v) is 10.9. The lowest BCUT2D eigenvalue weighted by Gasteiger charge is -2.16. The standard InChI is InChI=1S/C12H16FN5O/c1-17-7-5-14-10(17)4-3-6-18(2)12-15-8-9(13)11(19)16-12/h5,7-8H,3-4,6H2,1-2H3,(H,15,16,19). The molecule has 0 saturated heterocycles. The van der Waals surface area contributed by atoms with Crippen molar-refractivity contribution < 1.29 is 4.39 Å². The van der Waals surface area contributed by atoms with Gasteiger partial charge in [0.1, 0.15) is 5.82 Å². The number of halogens is 1. The number of hydrogen-bond acceptors (Lipinski definition) is 4. The number of rotatable bonds is 5. The molecule has 0 saturated carbocycles. The van der Waals surface area contributed by atoms with Gasteiger partial charge >= 0.3 is 0 Å². The quantitative estimate of drug-likeness (QED) is 0.864. The molecule has 19 heavy (non-hydrogen) atoms. The van der Waals surface area contributed by atoms with Gasteiger partial charge in [0, 0.05) is 39.5 Å². The molecule has 0 atom stereocenters. The Hall–Kier alpha value is -2.18. The minimum Gasteiger partial charge on any atom is -0.345 e. The Morgan fingerprint density at radius 1 is 1.47 bits per heavy atom.